The van der Waals surface area contributed by atoms with E-state index in [9.17, 15) is 0 Å². The second-order valence-electron chi connectivity index (χ2n) is 5.74. The summed E-state index contributed by atoms with van der Waals surface area (Å²) in [7, 11) is 2.10. The Balaban J connectivity index is 1.85. The largest absolute Gasteiger partial charge is 0.316 e. The van der Waals surface area contributed by atoms with Crippen molar-refractivity contribution in [3.05, 3.63) is 30.6 Å². The molecule has 1 aliphatic carbocycles. The van der Waals surface area contributed by atoms with Crippen molar-refractivity contribution in [2.75, 3.05) is 7.05 Å². The molecule has 1 aromatic heterocycles. The zero-order chi connectivity index (χ0) is 14.5. The topological polar surface area (TPSA) is 37.8 Å². The Morgan fingerprint density at radius 1 is 1.05 bits per heavy atom. The highest BCUT2D eigenvalue weighted by Crippen LogP contribution is 2.34. The SMILES string of the molecule is CNC1CCCCCCC1Sc1ncnc2ccccc12. The van der Waals surface area contributed by atoms with Crippen molar-refractivity contribution in [1.29, 1.82) is 0 Å². The van der Waals surface area contributed by atoms with Crippen LogP contribution in [0.1, 0.15) is 38.5 Å². The quantitative estimate of drug-likeness (QED) is 0.869. The molecular formula is C17H23N3S. The van der Waals surface area contributed by atoms with Crippen LogP contribution in [0.3, 0.4) is 0 Å². The molecule has 3 rings (SSSR count). The molecule has 0 aliphatic heterocycles. The molecule has 1 aliphatic rings. The molecule has 21 heavy (non-hydrogen) atoms. The summed E-state index contributed by atoms with van der Waals surface area (Å²) < 4.78 is 0. The van der Waals surface area contributed by atoms with Crippen molar-refractivity contribution >= 4 is 22.7 Å². The van der Waals surface area contributed by atoms with Crippen LogP contribution in [0.4, 0.5) is 0 Å². The van der Waals surface area contributed by atoms with E-state index >= 15 is 0 Å². The van der Waals surface area contributed by atoms with Gasteiger partial charge >= 0.3 is 0 Å². The molecule has 2 aromatic rings. The van der Waals surface area contributed by atoms with E-state index in [0.29, 0.717) is 11.3 Å². The summed E-state index contributed by atoms with van der Waals surface area (Å²) in [6.07, 6.45) is 9.67. The van der Waals surface area contributed by atoms with Crippen molar-refractivity contribution in [1.82, 2.24) is 15.3 Å². The van der Waals surface area contributed by atoms with Crippen LogP contribution in [-0.2, 0) is 0 Å². The second kappa shape index (κ2) is 7.23. The third-order valence-corrected chi connectivity index (χ3v) is 5.76. The molecule has 4 heteroatoms. The number of nitrogens with one attached hydrogen (secondary N) is 1. The minimum Gasteiger partial charge on any atom is -0.316 e. The summed E-state index contributed by atoms with van der Waals surface area (Å²) in [6.45, 7) is 0. The molecule has 0 amide bonds. The molecular weight excluding hydrogens is 278 g/mol. The van der Waals surface area contributed by atoms with Gasteiger partial charge < -0.3 is 5.32 Å². The van der Waals surface area contributed by atoms with E-state index in [1.165, 1.54) is 43.9 Å². The van der Waals surface area contributed by atoms with Gasteiger partial charge in [-0.3, -0.25) is 0 Å². The minimum absolute atomic E-state index is 0.587. The van der Waals surface area contributed by atoms with E-state index in [2.05, 4.69) is 40.5 Å². The van der Waals surface area contributed by atoms with Crippen molar-refractivity contribution < 1.29 is 0 Å². The van der Waals surface area contributed by atoms with Crippen LogP contribution >= 0.6 is 11.8 Å². The fourth-order valence-corrected chi connectivity index (χ4v) is 4.55. The third-order valence-electron chi connectivity index (χ3n) is 4.34. The fraction of sp³-hybridized carbons (Fsp3) is 0.529. The fourth-order valence-electron chi connectivity index (χ4n) is 3.14. The Hall–Kier alpha value is -1.13. The molecule has 3 nitrogen and oxygen atoms in total. The van der Waals surface area contributed by atoms with E-state index in [0.717, 1.165) is 10.5 Å². The Labute approximate surface area is 131 Å². The summed E-state index contributed by atoms with van der Waals surface area (Å²) >= 11 is 1.94. The van der Waals surface area contributed by atoms with Gasteiger partial charge in [-0.15, -0.1) is 11.8 Å². The second-order valence-corrected chi connectivity index (χ2v) is 6.97. The van der Waals surface area contributed by atoms with Crippen LogP contribution in [0.2, 0.25) is 0 Å². The van der Waals surface area contributed by atoms with E-state index in [4.69, 9.17) is 0 Å². The summed E-state index contributed by atoms with van der Waals surface area (Å²) in [6, 6.07) is 8.90. The maximum atomic E-state index is 4.55. The number of thioether (sulfide) groups is 1. The molecule has 1 aromatic carbocycles. The molecule has 2 unspecified atom stereocenters. The van der Waals surface area contributed by atoms with Gasteiger partial charge in [-0.25, -0.2) is 9.97 Å². The van der Waals surface area contributed by atoms with Crippen molar-refractivity contribution in [3.63, 3.8) is 0 Å². The van der Waals surface area contributed by atoms with Crippen molar-refractivity contribution in [3.8, 4) is 0 Å². The lowest BCUT2D eigenvalue weighted by Gasteiger charge is -2.28. The van der Waals surface area contributed by atoms with Gasteiger partial charge in [0.1, 0.15) is 11.4 Å². The first-order chi connectivity index (χ1) is 10.4. The molecule has 0 spiro atoms. The first-order valence-electron chi connectivity index (χ1n) is 7.92. The van der Waals surface area contributed by atoms with Gasteiger partial charge in [0, 0.05) is 16.7 Å². The van der Waals surface area contributed by atoms with Gasteiger partial charge in [0.15, 0.2) is 0 Å². The van der Waals surface area contributed by atoms with Gasteiger partial charge in [-0.2, -0.15) is 0 Å². The molecule has 0 radical (unpaired) electrons. The molecule has 1 heterocycles. The normalized spacial score (nSPS) is 23.7. The highest BCUT2D eigenvalue weighted by atomic mass is 32.2. The number of aromatic nitrogens is 2. The third kappa shape index (κ3) is 3.55. The average Bonchev–Trinajstić information content (AvgIpc) is 2.50. The molecule has 112 valence electrons. The van der Waals surface area contributed by atoms with Crippen LogP contribution in [0.5, 0.6) is 0 Å². The van der Waals surface area contributed by atoms with Crippen molar-refractivity contribution in [2.45, 2.75) is 54.8 Å². The zero-order valence-corrected chi connectivity index (χ0v) is 13.4. The Bertz CT molecular complexity index is 582. The maximum absolute atomic E-state index is 4.55. The molecule has 2 atom stereocenters. The van der Waals surface area contributed by atoms with E-state index in [-0.39, 0.29) is 0 Å². The van der Waals surface area contributed by atoms with Gasteiger partial charge in [0.05, 0.1) is 5.52 Å². The lowest BCUT2D eigenvalue weighted by Crippen LogP contribution is -2.36. The van der Waals surface area contributed by atoms with Gasteiger partial charge in [0.2, 0.25) is 0 Å². The van der Waals surface area contributed by atoms with E-state index in [1.54, 1.807) is 6.33 Å². The summed E-state index contributed by atoms with van der Waals surface area (Å²) in [4.78, 5) is 8.92. The first-order valence-corrected chi connectivity index (χ1v) is 8.80. The lowest BCUT2D eigenvalue weighted by molar-refractivity contribution is 0.420. The summed E-state index contributed by atoms with van der Waals surface area (Å²) in [5, 5.41) is 6.44. The number of hydrogen-bond donors (Lipinski definition) is 1. The zero-order valence-electron chi connectivity index (χ0n) is 12.6. The van der Waals surface area contributed by atoms with Crippen LogP contribution < -0.4 is 5.32 Å². The summed E-state index contributed by atoms with van der Waals surface area (Å²) in [5.74, 6) is 0. The van der Waals surface area contributed by atoms with Crippen LogP contribution in [0, 0.1) is 0 Å². The number of para-hydroxylation sites is 1. The van der Waals surface area contributed by atoms with Crippen LogP contribution in [0.15, 0.2) is 35.6 Å². The molecule has 1 saturated carbocycles. The number of rotatable bonds is 3. The van der Waals surface area contributed by atoms with Gasteiger partial charge in [-0.05, 0) is 26.0 Å². The standard InChI is InChI=1S/C17H23N3S/c1-18-15-10-4-2-3-5-11-16(15)21-17-13-8-6-7-9-14(13)19-12-20-17/h6-9,12,15-16,18H,2-5,10-11H2,1H3. The number of nitrogens with zero attached hydrogens (tertiary/aromatic N) is 2. The Kier molecular flexibility index (Phi) is 5.09. The Morgan fingerprint density at radius 3 is 2.71 bits per heavy atom. The maximum Gasteiger partial charge on any atom is 0.117 e. The number of hydrogen-bond acceptors (Lipinski definition) is 4. The Morgan fingerprint density at radius 2 is 1.86 bits per heavy atom. The molecule has 0 saturated heterocycles. The highest BCUT2D eigenvalue weighted by molar-refractivity contribution is 8.00. The minimum atomic E-state index is 0.587. The van der Waals surface area contributed by atoms with Crippen molar-refractivity contribution in [2.24, 2.45) is 0 Å². The highest BCUT2D eigenvalue weighted by Gasteiger charge is 2.23. The van der Waals surface area contributed by atoms with E-state index < -0.39 is 0 Å². The molecule has 1 fully saturated rings. The smallest absolute Gasteiger partial charge is 0.117 e. The predicted molar refractivity (Wildman–Crippen MR) is 89.7 cm³/mol. The number of benzene rings is 1. The molecule has 1 N–H and O–H groups in total. The molecule has 0 bridgehead atoms. The lowest BCUT2D eigenvalue weighted by atomic mass is 9.96. The number of fused-ring (bicyclic) bond motifs is 1. The summed E-state index contributed by atoms with van der Waals surface area (Å²) in [5.41, 5.74) is 1.04. The van der Waals surface area contributed by atoms with Crippen LogP contribution in [-0.4, -0.2) is 28.3 Å². The first kappa shape index (κ1) is 14.8. The van der Waals surface area contributed by atoms with Gasteiger partial charge in [-0.1, -0.05) is 43.9 Å². The average molecular weight is 301 g/mol. The predicted octanol–water partition coefficient (Wildman–Crippen LogP) is 4.03. The monoisotopic (exact) mass is 301 g/mol. The van der Waals surface area contributed by atoms with Crippen LogP contribution in [0.25, 0.3) is 10.9 Å². The van der Waals surface area contributed by atoms with Gasteiger partial charge in [0.25, 0.3) is 0 Å². The van der Waals surface area contributed by atoms with E-state index in [1.807, 2.05) is 17.8 Å².